The predicted molar refractivity (Wildman–Crippen MR) is 64.6 cm³/mol. The first kappa shape index (κ1) is 10.8. The Morgan fingerprint density at radius 2 is 1.78 bits per heavy atom. The molecule has 90 valence electrons. The molecule has 1 N–H and O–H groups in total. The van der Waals surface area contributed by atoms with E-state index in [1.165, 1.54) is 12.1 Å². The van der Waals surface area contributed by atoms with Crippen LogP contribution < -0.4 is 5.32 Å². The van der Waals surface area contributed by atoms with Crippen molar-refractivity contribution < 1.29 is 13.9 Å². The Hall–Kier alpha value is -2.36. The van der Waals surface area contributed by atoms with Gasteiger partial charge in [0.2, 0.25) is 6.23 Å². The Labute approximate surface area is 103 Å². The molecular formula is C14H10FNO2. The third-order valence-corrected chi connectivity index (χ3v) is 2.83. The lowest BCUT2D eigenvalue weighted by Gasteiger charge is -2.14. The van der Waals surface area contributed by atoms with Crippen molar-refractivity contribution >= 4 is 11.7 Å². The van der Waals surface area contributed by atoms with Crippen molar-refractivity contribution in [1.82, 2.24) is 0 Å². The second kappa shape index (κ2) is 4.14. The Balaban J connectivity index is 1.87. The molecule has 3 nitrogen and oxygen atoms in total. The average molecular weight is 243 g/mol. The summed E-state index contributed by atoms with van der Waals surface area (Å²) in [4.78, 5) is 11.6. The maximum atomic E-state index is 12.8. The molecule has 0 amide bonds. The quantitative estimate of drug-likeness (QED) is 0.823. The van der Waals surface area contributed by atoms with Gasteiger partial charge in [0, 0.05) is 11.3 Å². The summed E-state index contributed by atoms with van der Waals surface area (Å²) in [5.41, 5.74) is 2.06. The minimum atomic E-state index is -0.515. The van der Waals surface area contributed by atoms with E-state index in [9.17, 15) is 9.18 Å². The first-order chi connectivity index (χ1) is 8.74. The summed E-state index contributed by atoms with van der Waals surface area (Å²) >= 11 is 0. The molecule has 0 unspecified atom stereocenters. The highest BCUT2D eigenvalue weighted by Gasteiger charge is 2.30. The molecule has 2 aromatic carbocycles. The molecular weight excluding hydrogens is 233 g/mol. The highest BCUT2D eigenvalue weighted by molar-refractivity contribution is 5.94. The molecule has 0 radical (unpaired) electrons. The van der Waals surface area contributed by atoms with Crippen LogP contribution in [0.25, 0.3) is 0 Å². The molecule has 0 aliphatic carbocycles. The molecule has 0 bridgehead atoms. The molecule has 1 atom stereocenters. The predicted octanol–water partition coefficient (Wildman–Crippen LogP) is 3.11. The molecule has 3 rings (SSSR count). The van der Waals surface area contributed by atoms with Crippen LogP contribution in [0.5, 0.6) is 0 Å². The second-order valence-electron chi connectivity index (χ2n) is 4.02. The summed E-state index contributed by atoms with van der Waals surface area (Å²) in [6.07, 6.45) is -0.515. The first-order valence-corrected chi connectivity index (χ1v) is 5.56. The largest absolute Gasteiger partial charge is 0.434 e. The maximum absolute atomic E-state index is 12.8. The number of rotatable bonds is 2. The summed E-state index contributed by atoms with van der Waals surface area (Å²) in [7, 11) is 0. The van der Waals surface area contributed by atoms with Crippen LogP contribution in [0.3, 0.4) is 0 Å². The van der Waals surface area contributed by atoms with E-state index in [-0.39, 0.29) is 11.8 Å². The molecule has 1 heterocycles. The number of carbonyl (C=O) groups excluding carboxylic acids is 1. The standard InChI is InChI=1S/C14H10FNO2/c15-9-5-7-10(8-6-9)16-13-11-3-1-2-4-12(11)14(17)18-13/h1-8,13,16H/t13-/m0/s1. The van der Waals surface area contributed by atoms with Crippen LogP contribution in [0.2, 0.25) is 0 Å². The summed E-state index contributed by atoms with van der Waals surface area (Å²) in [6.45, 7) is 0. The van der Waals surface area contributed by atoms with Crippen LogP contribution in [0.4, 0.5) is 10.1 Å². The summed E-state index contributed by atoms with van der Waals surface area (Å²) in [5, 5.41) is 3.04. The Bertz CT molecular complexity index is 595. The normalized spacial score (nSPS) is 17.2. The molecule has 1 aliphatic rings. The zero-order valence-corrected chi connectivity index (χ0v) is 9.39. The maximum Gasteiger partial charge on any atom is 0.340 e. The number of hydrogen-bond acceptors (Lipinski definition) is 3. The lowest BCUT2D eigenvalue weighted by Crippen LogP contribution is -2.10. The summed E-state index contributed by atoms with van der Waals surface area (Å²) < 4.78 is 18.0. The van der Waals surface area contributed by atoms with Crippen molar-refractivity contribution in [1.29, 1.82) is 0 Å². The molecule has 4 heteroatoms. The fourth-order valence-corrected chi connectivity index (χ4v) is 1.95. The van der Waals surface area contributed by atoms with Gasteiger partial charge >= 0.3 is 5.97 Å². The minimum Gasteiger partial charge on any atom is -0.434 e. The van der Waals surface area contributed by atoms with E-state index in [0.29, 0.717) is 11.3 Å². The van der Waals surface area contributed by atoms with Gasteiger partial charge in [-0.25, -0.2) is 9.18 Å². The number of ether oxygens (including phenoxy) is 1. The van der Waals surface area contributed by atoms with Crippen LogP contribution in [0.1, 0.15) is 22.1 Å². The molecule has 0 aromatic heterocycles. The minimum absolute atomic E-state index is 0.302. The van der Waals surface area contributed by atoms with Crippen molar-refractivity contribution in [2.75, 3.05) is 5.32 Å². The molecule has 0 saturated carbocycles. The number of fused-ring (bicyclic) bond motifs is 1. The van der Waals surface area contributed by atoms with Gasteiger partial charge in [0.1, 0.15) is 5.82 Å². The van der Waals surface area contributed by atoms with Crippen LogP contribution >= 0.6 is 0 Å². The second-order valence-corrected chi connectivity index (χ2v) is 4.02. The number of cyclic esters (lactones) is 1. The van der Waals surface area contributed by atoms with Gasteiger partial charge in [-0.1, -0.05) is 18.2 Å². The van der Waals surface area contributed by atoms with Crippen molar-refractivity contribution in [2.24, 2.45) is 0 Å². The number of anilines is 1. The van der Waals surface area contributed by atoms with Gasteiger partial charge in [0.15, 0.2) is 0 Å². The van der Waals surface area contributed by atoms with Crippen LogP contribution in [0, 0.1) is 5.82 Å². The van der Waals surface area contributed by atoms with Gasteiger partial charge in [-0.15, -0.1) is 0 Å². The zero-order chi connectivity index (χ0) is 12.5. The number of hydrogen-bond donors (Lipinski definition) is 1. The van der Waals surface area contributed by atoms with Crippen molar-refractivity contribution in [2.45, 2.75) is 6.23 Å². The van der Waals surface area contributed by atoms with E-state index in [1.807, 2.05) is 12.1 Å². The first-order valence-electron chi connectivity index (χ1n) is 5.56. The van der Waals surface area contributed by atoms with Crippen LogP contribution in [-0.2, 0) is 4.74 Å². The third-order valence-electron chi connectivity index (χ3n) is 2.83. The molecule has 0 fully saturated rings. The van der Waals surface area contributed by atoms with Gasteiger partial charge in [-0.05, 0) is 30.3 Å². The molecule has 0 spiro atoms. The van der Waals surface area contributed by atoms with Gasteiger partial charge < -0.3 is 10.1 Å². The highest BCUT2D eigenvalue weighted by atomic mass is 19.1. The van der Waals surface area contributed by atoms with Gasteiger partial charge in [-0.3, -0.25) is 0 Å². The third kappa shape index (κ3) is 1.82. The summed E-state index contributed by atoms with van der Waals surface area (Å²) in [5.74, 6) is -0.644. The number of esters is 1. The van der Waals surface area contributed by atoms with Crippen molar-refractivity contribution in [3.63, 3.8) is 0 Å². The monoisotopic (exact) mass is 243 g/mol. The van der Waals surface area contributed by atoms with E-state index in [0.717, 1.165) is 5.56 Å². The Kier molecular flexibility index (Phi) is 2.48. The van der Waals surface area contributed by atoms with Crippen LogP contribution in [-0.4, -0.2) is 5.97 Å². The van der Waals surface area contributed by atoms with Gasteiger partial charge in [-0.2, -0.15) is 0 Å². The smallest absolute Gasteiger partial charge is 0.340 e. The molecule has 0 saturated heterocycles. The van der Waals surface area contributed by atoms with Gasteiger partial charge in [0.25, 0.3) is 0 Å². The zero-order valence-electron chi connectivity index (χ0n) is 9.39. The number of halogens is 1. The Morgan fingerprint density at radius 3 is 2.56 bits per heavy atom. The molecule has 1 aliphatic heterocycles. The summed E-state index contributed by atoms with van der Waals surface area (Å²) in [6, 6.07) is 13.1. The number of benzene rings is 2. The average Bonchev–Trinajstić information content (AvgIpc) is 2.70. The highest BCUT2D eigenvalue weighted by Crippen LogP contribution is 2.31. The number of carbonyl (C=O) groups is 1. The van der Waals surface area contributed by atoms with Crippen molar-refractivity contribution in [3.05, 3.63) is 65.5 Å². The number of nitrogens with one attached hydrogen (secondary N) is 1. The lowest BCUT2D eigenvalue weighted by molar-refractivity contribution is 0.0437. The molecule has 18 heavy (non-hydrogen) atoms. The van der Waals surface area contributed by atoms with Crippen molar-refractivity contribution in [3.8, 4) is 0 Å². The fourth-order valence-electron chi connectivity index (χ4n) is 1.95. The fraction of sp³-hybridized carbons (Fsp3) is 0.0714. The topological polar surface area (TPSA) is 38.3 Å². The lowest BCUT2D eigenvalue weighted by atomic mass is 10.1. The van der Waals surface area contributed by atoms with E-state index < -0.39 is 6.23 Å². The molecule has 2 aromatic rings. The SMILES string of the molecule is O=C1O[C@H](Nc2ccc(F)cc2)c2ccccc21. The Morgan fingerprint density at radius 1 is 1.06 bits per heavy atom. The van der Waals surface area contributed by atoms with E-state index in [1.54, 1.807) is 24.3 Å². The van der Waals surface area contributed by atoms with E-state index in [4.69, 9.17) is 4.74 Å². The van der Waals surface area contributed by atoms with E-state index >= 15 is 0 Å². The van der Waals surface area contributed by atoms with E-state index in [2.05, 4.69) is 5.32 Å². The van der Waals surface area contributed by atoms with Gasteiger partial charge in [0.05, 0.1) is 5.56 Å². The van der Waals surface area contributed by atoms with Crippen LogP contribution in [0.15, 0.2) is 48.5 Å².